The molecule has 0 unspecified atom stereocenters. The summed E-state index contributed by atoms with van der Waals surface area (Å²) < 4.78 is 16.5. The van der Waals surface area contributed by atoms with Gasteiger partial charge >= 0.3 is 0 Å². The van der Waals surface area contributed by atoms with Crippen LogP contribution < -0.4 is 4.90 Å². The first-order valence-corrected chi connectivity index (χ1v) is 9.82. The maximum Gasteiger partial charge on any atom is 0.225 e. The summed E-state index contributed by atoms with van der Waals surface area (Å²) in [6.45, 7) is 2.73. The standard InChI is InChI=1S/C18H20FN5O2S/c1-27-24-9-15(10-24)26-22-14-7-23(8-14)18-20-5-13(6-21-18)16-4-2-3-12(11-25)17(16)19/h2-6,15,25H,7-11H2,1H3. The molecular weight excluding hydrogens is 369 g/mol. The van der Waals surface area contributed by atoms with E-state index < -0.39 is 5.82 Å². The van der Waals surface area contributed by atoms with E-state index in [9.17, 15) is 9.50 Å². The quantitative estimate of drug-likeness (QED) is 0.598. The molecule has 0 saturated carbocycles. The van der Waals surface area contributed by atoms with Crippen molar-refractivity contribution in [1.29, 1.82) is 0 Å². The zero-order valence-electron chi connectivity index (χ0n) is 14.9. The molecule has 0 amide bonds. The van der Waals surface area contributed by atoms with Crippen LogP contribution in [0, 0.1) is 5.82 Å². The number of nitrogens with zero attached hydrogens (tertiary/aromatic N) is 5. The van der Waals surface area contributed by atoms with Crippen LogP contribution in [0.3, 0.4) is 0 Å². The number of anilines is 1. The average Bonchev–Trinajstić information content (AvgIpc) is 2.62. The van der Waals surface area contributed by atoms with Crippen molar-refractivity contribution in [2.24, 2.45) is 5.16 Å². The molecule has 7 nitrogen and oxygen atoms in total. The third kappa shape index (κ3) is 3.76. The summed E-state index contributed by atoms with van der Waals surface area (Å²) in [6.07, 6.45) is 5.42. The molecule has 1 aromatic carbocycles. The Labute approximate surface area is 161 Å². The van der Waals surface area contributed by atoms with Crippen LogP contribution in [0.2, 0.25) is 0 Å². The number of rotatable bonds is 6. The molecular formula is C18H20FN5O2S. The second-order valence-electron chi connectivity index (χ2n) is 6.48. The Kier molecular flexibility index (Phi) is 5.24. The number of hydrogen-bond donors (Lipinski definition) is 1. The van der Waals surface area contributed by atoms with Gasteiger partial charge in [0.15, 0.2) is 6.10 Å². The van der Waals surface area contributed by atoms with Gasteiger partial charge in [-0.15, -0.1) is 0 Å². The van der Waals surface area contributed by atoms with Gasteiger partial charge in [-0.25, -0.2) is 18.7 Å². The predicted octanol–water partition coefficient (Wildman–Crippen LogP) is 1.93. The van der Waals surface area contributed by atoms with E-state index in [1.54, 1.807) is 42.5 Å². The fraction of sp³-hybridized carbons (Fsp3) is 0.389. The van der Waals surface area contributed by atoms with Crippen LogP contribution in [0.15, 0.2) is 35.7 Å². The predicted molar refractivity (Wildman–Crippen MR) is 103 cm³/mol. The summed E-state index contributed by atoms with van der Waals surface area (Å²) in [7, 11) is 0. The number of aliphatic hydroxyl groups excluding tert-OH is 1. The van der Waals surface area contributed by atoms with Crippen molar-refractivity contribution in [3.63, 3.8) is 0 Å². The van der Waals surface area contributed by atoms with Crippen LogP contribution in [-0.4, -0.2) is 63.6 Å². The molecule has 1 N–H and O–H groups in total. The molecule has 3 heterocycles. The molecule has 0 aliphatic carbocycles. The molecule has 2 fully saturated rings. The van der Waals surface area contributed by atoms with Crippen LogP contribution in [0.1, 0.15) is 5.56 Å². The van der Waals surface area contributed by atoms with Gasteiger partial charge in [-0.1, -0.05) is 35.3 Å². The van der Waals surface area contributed by atoms with Crippen LogP contribution in [0.25, 0.3) is 11.1 Å². The fourth-order valence-corrected chi connectivity index (χ4v) is 3.54. The third-order valence-corrected chi connectivity index (χ3v) is 5.45. The van der Waals surface area contributed by atoms with Gasteiger partial charge in [0.05, 0.1) is 38.5 Å². The van der Waals surface area contributed by atoms with Gasteiger partial charge in [-0.05, 0) is 6.26 Å². The monoisotopic (exact) mass is 389 g/mol. The van der Waals surface area contributed by atoms with Crippen LogP contribution in [0.5, 0.6) is 0 Å². The molecule has 142 valence electrons. The second kappa shape index (κ2) is 7.79. The maximum absolute atomic E-state index is 14.3. The minimum Gasteiger partial charge on any atom is -0.392 e. The van der Waals surface area contributed by atoms with Gasteiger partial charge in [0.1, 0.15) is 5.82 Å². The first kappa shape index (κ1) is 18.1. The Hall–Kier alpha value is -2.23. The minimum absolute atomic E-state index is 0.180. The Morgan fingerprint density at radius 3 is 2.70 bits per heavy atom. The molecule has 2 aliphatic heterocycles. The number of hydrogen-bond acceptors (Lipinski definition) is 8. The Bertz CT molecular complexity index is 834. The zero-order chi connectivity index (χ0) is 18.8. The molecule has 2 aliphatic rings. The summed E-state index contributed by atoms with van der Waals surface area (Å²) >= 11 is 1.71. The smallest absolute Gasteiger partial charge is 0.225 e. The van der Waals surface area contributed by atoms with Crippen LogP contribution >= 0.6 is 11.9 Å². The number of halogens is 1. The van der Waals surface area contributed by atoms with Crippen molar-refractivity contribution in [2.45, 2.75) is 12.7 Å². The lowest BCUT2D eigenvalue weighted by Gasteiger charge is -2.36. The molecule has 0 spiro atoms. The summed E-state index contributed by atoms with van der Waals surface area (Å²) in [6, 6.07) is 4.91. The average molecular weight is 389 g/mol. The van der Waals surface area contributed by atoms with Gasteiger partial charge in [-0.2, -0.15) is 0 Å². The van der Waals surface area contributed by atoms with Crippen molar-refractivity contribution in [1.82, 2.24) is 14.3 Å². The van der Waals surface area contributed by atoms with E-state index in [2.05, 4.69) is 25.7 Å². The van der Waals surface area contributed by atoms with E-state index in [-0.39, 0.29) is 18.3 Å². The lowest BCUT2D eigenvalue weighted by molar-refractivity contribution is -0.0136. The summed E-state index contributed by atoms with van der Waals surface area (Å²) in [5.41, 5.74) is 2.18. The van der Waals surface area contributed by atoms with Gasteiger partial charge in [0.2, 0.25) is 5.95 Å². The first-order valence-electron chi connectivity index (χ1n) is 8.64. The number of aliphatic hydroxyl groups is 1. The highest BCUT2D eigenvalue weighted by molar-refractivity contribution is 7.96. The Morgan fingerprint density at radius 1 is 1.30 bits per heavy atom. The van der Waals surface area contributed by atoms with Gasteiger partial charge < -0.3 is 14.8 Å². The highest BCUT2D eigenvalue weighted by atomic mass is 32.2. The maximum atomic E-state index is 14.3. The van der Waals surface area contributed by atoms with Crippen molar-refractivity contribution in [3.05, 3.63) is 42.0 Å². The van der Waals surface area contributed by atoms with E-state index in [0.29, 0.717) is 30.2 Å². The third-order valence-electron chi connectivity index (χ3n) is 4.63. The largest absolute Gasteiger partial charge is 0.392 e. The molecule has 4 rings (SSSR count). The fourth-order valence-electron chi connectivity index (χ4n) is 2.91. The molecule has 1 aromatic heterocycles. The molecule has 0 bridgehead atoms. The van der Waals surface area contributed by atoms with Crippen LogP contribution in [0.4, 0.5) is 10.3 Å². The van der Waals surface area contributed by atoms with E-state index in [1.165, 1.54) is 0 Å². The van der Waals surface area contributed by atoms with Crippen molar-refractivity contribution >= 4 is 23.6 Å². The molecule has 9 heteroatoms. The van der Waals surface area contributed by atoms with Crippen molar-refractivity contribution in [3.8, 4) is 11.1 Å². The van der Waals surface area contributed by atoms with E-state index in [1.807, 2.05) is 4.90 Å². The van der Waals surface area contributed by atoms with Gasteiger partial charge in [-0.3, -0.25) is 0 Å². The molecule has 27 heavy (non-hydrogen) atoms. The van der Waals surface area contributed by atoms with E-state index in [0.717, 1.165) is 18.8 Å². The van der Waals surface area contributed by atoms with E-state index in [4.69, 9.17) is 4.84 Å². The first-order chi connectivity index (χ1) is 13.2. The van der Waals surface area contributed by atoms with Gasteiger partial charge in [0.25, 0.3) is 0 Å². The SMILES string of the molecule is CSN1CC(ON=C2CN(c3ncc(-c4cccc(CO)c4F)cn3)C2)C1. The topological polar surface area (TPSA) is 74.1 Å². The Morgan fingerprint density at radius 2 is 2.04 bits per heavy atom. The lowest BCUT2D eigenvalue weighted by atomic mass is 10.1. The van der Waals surface area contributed by atoms with Crippen molar-refractivity contribution < 1.29 is 14.3 Å². The number of aromatic nitrogens is 2. The number of oxime groups is 1. The molecule has 0 atom stereocenters. The summed E-state index contributed by atoms with van der Waals surface area (Å²) in [5, 5.41) is 13.4. The van der Waals surface area contributed by atoms with Gasteiger partial charge in [0, 0.05) is 29.1 Å². The molecule has 2 aromatic rings. The highest BCUT2D eigenvalue weighted by Crippen LogP contribution is 2.25. The summed E-state index contributed by atoms with van der Waals surface area (Å²) in [4.78, 5) is 16.2. The molecule has 0 radical (unpaired) electrons. The Balaban J connectivity index is 1.34. The normalized spacial score (nSPS) is 17.4. The highest BCUT2D eigenvalue weighted by Gasteiger charge is 2.30. The van der Waals surface area contributed by atoms with Crippen molar-refractivity contribution in [2.75, 3.05) is 37.3 Å². The molecule has 2 saturated heterocycles. The minimum atomic E-state index is -0.442. The second-order valence-corrected chi connectivity index (χ2v) is 7.36. The zero-order valence-corrected chi connectivity index (χ0v) is 15.7. The summed E-state index contributed by atoms with van der Waals surface area (Å²) in [5.74, 6) is 0.136. The van der Waals surface area contributed by atoms with E-state index >= 15 is 0 Å². The van der Waals surface area contributed by atoms with Crippen LogP contribution in [-0.2, 0) is 11.4 Å². The lowest BCUT2D eigenvalue weighted by Crippen LogP contribution is -2.50. The number of benzene rings is 1.